The average molecular weight is 223 g/mol. The molecule has 86 valence electrons. The van der Waals surface area contributed by atoms with Crippen LogP contribution in [0, 0.1) is 0 Å². The van der Waals surface area contributed by atoms with E-state index in [1.54, 1.807) is 0 Å². The highest BCUT2D eigenvalue weighted by molar-refractivity contribution is 5.76. The van der Waals surface area contributed by atoms with Crippen LogP contribution >= 0.6 is 0 Å². The molecule has 3 N–H and O–H groups in total. The summed E-state index contributed by atoms with van der Waals surface area (Å²) in [6.07, 6.45) is 3.46. The van der Waals surface area contributed by atoms with Crippen molar-refractivity contribution in [1.82, 2.24) is 19.9 Å². The number of aromatic nitrogens is 4. The molecule has 7 heteroatoms. The zero-order valence-corrected chi connectivity index (χ0v) is 8.93. The Morgan fingerprint density at radius 1 is 1.44 bits per heavy atom. The second-order valence-electron chi connectivity index (χ2n) is 3.25. The lowest BCUT2D eigenvalue weighted by Gasteiger charge is -2.04. The molecule has 0 amide bonds. The molecule has 0 aromatic carbocycles. The third-order valence-electron chi connectivity index (χ3n) is 1.99. The number of nitrogens with one attached hydrogen (secondary N) is 1. The molecule has 0 aliphatic carbocycles. The van der Waals surface area contributed by atoms with E-state index < -0.39 is 0 Å². The largest absolute Gasteiger partial charge is 0.368 e. The third kappa shape index (κ3) is 2.19. The number of hydrogen-bond donors (Lipinski definition) is 2. The Morgan fingerprint density at radius 2 is 2.31 bits per heavy atom. The maximum atomic E-state index is 5.50. The summed E-state index contributed by atoms with van der Waals surface area (Å²) >= 11 is 0. The number of H-pyrrole nitrogens is 1. The fraction of sp³-hybridized carbons (Fsp3) is 0.444. The van der Waals surface area contributed by atoms with Crippen molar-refractivity contribution >= 4 is 17.1 Å². The summed E-state index contributed by atoms with van der Waals surface area (Å²) in [4.78, 5) is 24.7. The molecule has 0 fully saturated rings. The number of imidazole rings is 1. The first kappa shape index (κ1) is 10.6. The Bertz CT molecular complexity index is 470. The number of hydrogen-bond acceptors (Lipinski definition) is 6. The fourth-order valence-corrected chi connectivity index (χ4v) is 1.18. The summed E-state index contributed by atoms with van der Waals surface area (Å²) < 4.78 is 0. The summed E-state index contributed by atoms with van der Waals surface area (Å²) in [7, 11) is 0. The minimum absolute atomic E-state index is 0.105. The van der Waals surface area contributed by atoms with Crippen LogP contribution < -0.4 is 10.6 Å². The van der Waals surface area contributed by atoms with Crippen molar-refractivity contribution in [3.8, 4) is 5.88 Å². The molecule has 0 atom stereocenters. The van der Waals surface area contributed by atoms with E-state index in [9.17, 15) is 0 Å². The van der Waals surface area contributed by atoms with Gasteiger partial charge in [-0.25, -0.2) is 4.98 Å². The summed E-state index contributed by atoms with van der Waals surface area (Å²) in [5, 5.41) is 0. The topological polar surface area (TPSA) is 98.9 Å². The van der Waals surface area contributed by atoms with Crippen molar-refractivity contribution in [1.29, 1.82) is 0 Å². The molecule has 0 aliphatic rings. The number of nitrogens with two attached hydrogens (primary N) is 1. The third-order valence-corrected chi connectivity index (χ3v) is 1.99. The van der Waals surface area contributed by atoms with E-state index in [1.807, 2.05) is 0 Å². The van der Waals surface area contributed by atoms with Crippen molar-refractivity contribution in [2.24, 2.45) is 0 Å². The Hall–Kier alpha value is -1.89. The molecular formula is C9H13N5O2. The Kier molecular flexibility index (Phi) is 3.16. The molecular weight excluding hydrogens is 210 g/mol. The summed E-state index contributed by atoms with van der Waals surface area (Å²) in [6.45, 7) is 2.58. The van der Waals surface area contributed by atoms with Gasteiger partial charge in [-0.05, 0) is 6.42 Å². The van der Waals surface area contributed by atoms with Gasteiger partial charge in [-0.3, -0.25) is 0 Å². The Morgan fingerprint density at radius 3 is 3.12 bits per heavy atom. The minimum atomic E-state index is 0.105. The quantitative estimate of drug-likeness (QED) is 0.446. The lowest BCUT2D eigenvalue weighted by Crippen LogP contribution is -2.04. The van der Waals surface area contributed by atoms with Crippen LogP contribution in [-0.4, -0.2) is 26.5 Å². The highest BCUT2D eigenvalue weighted by Gasteiger charge is 2.10. The lowest BCUT2D eigenvalue weighted by molar-refractivity contribution is -0.209. The van der Waals surface area contributed by atoms with Gasteiger partial charge in [0.25, 0.3) is 5.88 Å². The van der Waals surface area contributed by atoms with Crippen LogP contribution in [0.4, 0.5) is 5.95 Å². The normalized spacial score (nSPS) is 10.8. The number of nitrogen functional groups attached to an aromatic ring is 1. The molecule has 7 nitrogen and oxygen atoms in total. The van der Waals surface area contributed by atoms with Crippen LogP contribution in [0.3, 0.4) is 0 Å². The van der Waals surface area contributed by atoms with Crippen molar-refractivity contribution in [2.75, 3.05) is 12.3 Å². The van der Waals surface area contributed by atoms with Gasteiger partial charge in [0.1, 0.15) is 0 Å². The molecule has 0 saturated heterocycles. The van der Waals surface area contributed by atoms with Crippen LogP contribution in [-0.2, 0) is 4.89 Å². The first-order valence-corrected chi connectivity index (χ1v) is 5.07. The van der Waals surface area contributed by atoms with E-state index in [2.05, 4.69) is 26.9 Å². The van der Waals surface area contributed by atoms with Crippen LogP contribution in [0.1, 0.15) is 19.8 Å². The molecule has 2 aromatic heterocycles. The van der Waals surface area contributed by atoms with Gasteiger partial charge >= 0.3 is 0 Å². The van der Waals surface area contributed by atoms with Crippen LogP contribution in [0.25, 0.3) is 11.2 Å². The number of aromatic amines is 1. The van der Waals surface area contributed by atoms with Gasteiger partial charge in [0.15, 0.2) is 11.2 Å². The van der Waals surface area contributed by atoms with E-state index in [-0.39, 0.29) is 11.8 Å². The van der Waals surface area contributed by atoms with Crippen LogP contribution in [0.2, 0.25) is 0 Å². The predicted molar refractivity (Wildman–Crippen MR) is 57.6 cm³/mol. The van der Waals surface area contributed by atoms with Crippen LogP contribution in [0.15, 0.2) is 6.33 Å². The Labute approximate surface area is 91.9 Å². The van der Waals surface area contributed by atoms with Gasteiger partial charge < -0.3 is 15.6 Å². The van der Waals surface area contributed by atoms with Crippen molar-refractivity contribution in [2.45, 2.75) is 19.8 Å². The molecule has 16 heavy (non-hydrogen) atoms. The monoisotopic (exact) mass is 223 g/mol. The molecule has 0 aliphatic heterocycles. The number of rotatable bonds is 5. The van der Waals surface area contributed by atoms with Gasteiger partial charge in [-0.1, -0.05) is 13.3 Å². The van der Waals surface area contributed by atoms with E-state index in [1.165, 1.54) is 6.33 Å². The molecule has 0 spiro atoms. The zero-order chi connectivity index (χ0) is 11.4. The second-order valence-corrected chi connectivity index (χ2v) is 3.25. The van der Waals surface area contributed by atoms with Gasteiger partial charge in [0.2, 0.25) is 5.95 Å². The van der Waals surface area contributed by atoms with E-state index in [4.69, 9.17) is 15.5 Å². The molecule has 0 saturated carbocycles. The van der Waals surface area contributed by atoms with Gasteiger partial charge in [0, 0.05) is 0 Å². The highest BCUT2D eigenvalue weighted by Crippen LogP contribution is 2.19. The van der Waals surface area contributed by atoms with E-state index in [0.717, 1.165) is 12.8 Å². The fourth-order valence-electron chi connectivity index (χ4n) is 1.18. The first-order valence-electron chi connectivity index (χ1n) is 5.07. The highest BCUT2D eigenvalue weighted by atomic mass is 17.2. The van der Waals surface area contributed by atoms with Crippen molar-refractivity contribution < 1.29 is 9.78 Å². The molecule has 0 unspecified atom stereocenters. The number of fused-ring (bicyclic) bond motifs is 1. The van der Waals surface area contributed by atoms with Crippen molar-refractivity contribution in [3.05, 3.63) is 6.33 Å². The summed E-state index contributed by atoms with van der Waals surface area (Å²) in [5.74, 6) is 0.366. The minimum Gasteiger partial charge on any atom is -0.368 e. The summed E-state index contributed by atoms with van der Waals surface area (Å²) in [6, 6.07) is 0. The van der Waals surface area contributed by atoms with E-state index in [0.29, 0.717) is 17.8 Å². The maximum absolute atomic E-state index is 5.50. The maximum Gasteiger partial charge on any atom is 0.287 e. The standard InChI is InChI=1S/C9H13N5O2/c1-2-3-4-15-16-8-6-7(12-5-11-6)13-9(10)14-8/h5H,2-4H2,1H3,(H3,10,11,12,13,14). The number of nitrogens with zero attached hydrogens (tertiary/aromatic N) is 3. The molecule has 0 bridgehead atoms. The second kappa shape index (κ2) is 4.75. The molecule has 2 aromatic rings. The van der Waals surface area contributed by atoms with Gasteiger partial charge in [0.05, 0.1) is 12.9 Å². The average Bonchev–Trinajstić information content (AvgIpc) is 2.72. The molecule has 0 radical (unpaired) electrons. The first-order chi connectivity index (χ1) is 7.81. The van der Waals surface area contributed by atoms with Crippen molar-refractivity contribution in [3.63, 3.8) is 0 Å². The zero-order valence-electron chi connectivity index (χ0n) is 8.93. The number of anilines is 1. The Balaban J connectivity index is 2.12. The molecule has 2 rings (SSSR count). The SMILES string of the molecule is CCCCOOc1nc(N)nc2nc[nH]c12. The lowest BCUT2D eigenvalue weighted by atomic mass is 10.4. The molecule has 2 heterocycles. The summed E-state index contributed by atoms with van der Waals surface area (Å²) in [5.41, 5.74) is 6.54. The van der Waals surface area contributed by atoms with Crippen LogP contribution in [0.5, 0.6) is 5.88 Å². The predicted octanol–water partition coefficient (Wildman–Crippen LogP) is 1.05. The van der Waals surface area contributed by atoms with Gasteiger partial charge in [-0.15, -0.1) is 0 Å². The van der Waals surface area contributed by atoms with Gasteiger partial charge in [-0.2, -0.15) is 14.9 Å². The van der Waals surface area contributed by atoms with E-state index >= 15 is 0 Å². The smallest absolute Gasteiger partial charge is 0.287 e. The number of unbranched alkanes of at least 4 members (excludes halogenated alkanes) is 1.